The molecule has 1 aliphatic rings. The molecule has 1 aromatic rings. The molecule has 1 aromatic heterocycles. The first-order chi connectivity index (χ1) is 9.59. The highest BCUT2D eigenvalue weighted by Crippen LogP contribution is 2.36. The van der Waals surface area contributed by atoms with E-state index in [1.165, 1.54) is 9.88 Å². The normalized spacial score (nSPS) is 18.9. The van der Waals surface area contributed by atoms with E-state index in [2.05, 4.69) is 23.4 Å². The molecule has 0 saturated carbocycles. The summed E-state index contributed by atoms with van der Waals surface area (Å²) in [6.07, 6.45) is 6.64. The van der Waals surface area contributed by atoms with Gasteiger partial charge < -0.3 is 5.11 Å². The number of carboxylic acid groups (broad SMARTS) is 1. The number of aryl methyl sites for hydroxylation is 1. The molecule has 110 valence electrons. The number of aromatic nitrogens is 1. The average Bonchev–Trinajstić information content (AvgIpc) is 2.89. The molecule has 4 nitrogen and oxygen atoms in total. The number of rotatable bonds is 6. The van der Waals surface area contributed by atoms with Crippen molar-refractivity contribution >= 4 is 17.3 Å². The lowest BCUT2D eigenvalue weighted by Crippen LogP contribution is -2.43. The molecule has 0 amide bonds. The van der Waals surface area contributed by atoms with Gasteiger partial charge in [0.25, 0.3) is 0 Å². The van der Waals surface area contributed by atoms with Gasteiger partial charge in [-0.1, -0.05) is 13.0 Å². The van der Waals surface area contributed by atoms with Gasteiger partial charge in [-0.2, -0.15) is 0 Å². The van der Waals surface area contributed by atoms with Crippen LogP contribution < -0.4 is 0 Å². The molecule has 1 aliphatic heterocycles. The van der Waals surface area contributed by atoms with Crippen LogP contribution in [0.3, 0.4) is 0 Å². The van der Waals surface area contributed by atoms with Crippen molar-refractivity contribution in [2.24, 2.45) is 5.41 Å². The van der Waals surface area contributed by atoms with E-state index in [0.717, 1.165) is 26.1 Å². The van der Waals surface area contributed by atoms with Gasteiger partial charge in [-0.25, -0.2) is 4.98 Å². The molecule has 20 heavy (non-hydrogen) atoms. The third kappa shape index (κ3) is 3.27. The minimum absolute atomic E-state index is 0.566. The minimum Gasteiger partial charge on any atom is -0.481 e. The SMILES string of the molecule is C=CCC1(C(=O)O)CCN(Cc2cnc(CC)s2)CC1. The molecule has 0 atom stereocenters. The lowest BCUT2D eigenvalue weighted by Gasteiger charge is -2.38. The zero-order valence-electron chi connectivity index (χ0n) is 12.0. The lowest BCUT2D eigenvalue weighted by atomic mass is 9.76. The van der Waals surface area contributed by atoms with E-state index in [1.54, 1.807) is 17.4 Å². The lowest BCUT2D eigenvalue weighted by molar-refractivity contribution is -0.152. The summed E-state index contributed by atoms with van der Waals surface area (Å²) >= 11 is 1.76. The maximum absolute atomic E-state index is 11.5. The number of carboxylic acids is 1. The van der Waals surface area contributed by atoms with Crippen LogP contribution in [0.1, 0.15) is 36.1 Å². The number of thiazole rings is 1. The van der Waals surface area contributed by atoms with Crippen LogP contribution in [0.5, 0.6) is 0 Å². The predicted octanol–water partition coefficient (Wildman–Crippen LogP) is 2.95. The van der Waals surface area contributed by atoms with E-state index >= 15 is 0 Å². The molecule has 2 heterocycles. The number of likely N-dealkylation sites (tertiary alicyclic amines) is 1. The zero-order chi connectivity index (χ0) is 14.6. The van der Waals surface area contributed by atoms with Crippen LogP contribution in [-0.4, -0.2) is 34.0 Å². The van der Waals surface area contributed by atoms with Gasteiger partial charge in [0, 0.05) is 17.6 Å². The smallest absolute Gasteiger partial charge is 0.310 e. The second-order valence-electron chi connectivity index (χ2n) is 5.43. The molecule has 1 saturated heterocycles. The van der Waals surface area contributed by atoms with Crippen LogP contribution in [0.2, 0.25) is 0 Å². The number of carbonyl (C=O) groups is 1. The summed E-state index contributed by atoms with van der Waals surface area (Å²) in [5, 5.41) is 10.6. The van der Waals surface area contributed by atoms with E-state index in [9.17, 15) is 9.90 Å². The second-order valence-corrected chi connectivity index (χ2v) is 6.63. The van der Waals surface area contributed by atoms with Crippen molar-refractivity contribution in [3.05, 3.63) is 28.7 Å². The minimum atomic E-state index is -0.678. The molecule has 0 radical (unpaired) electrons. The van der Waals surface area contributed by atoms with Crippen molar-refractivity contribution in [3.8, 4) is 0 Å². The maximum Gasteiger partial charge on any atom is 0.310 e. The molecular weight excluding hydrogens is 272 g/mol. The van der Waals surface area contributed by atoms with Crippen LogP contribution in [-0.2, 0) is 17.8 Å². The van der Waals surface area contributed by atoms with E-state index in [-0.39, 0.29) is 0 Å². The fraction of sp³-hybridized carbons (Fsp3) is 0.600. The van der Waals surface area contributed by atoms with Gasteiger partial charge in [0.05, 0.1) is 10.4 Å². The van der Waals surface area contributed by atoms with Gasteiger partial charge in [-0.3, -0.25) is 9.69 Å². The third-order valence-electron chi connectivity index (χ3n) is 4.09. The fourth-order valence-electron chi connectivity index (χ4n) is 2.73. The number of piperidine rings is 1. The van der Waals surface area contributed by atoms with Crippen molar-refractivity contribution in [1.82, 2.24) is 9.88 Å². The summed E-state index contributed by atoms with van der Waals surface area (Å²) < 4.78 is 0. The molecular formula is C15H22N2O2S. The Labute approximate surface area is 124 Å². The summed E-state index contributed by atoms with van der Waals surface area (Å²) in [4.78, 5) is 19.5. The molecule has 0 unspecified atom stereocenters. The van der Waals surface area contributed by atoms with Gasteiger partial charge in [0.1, 0.15) is 0 Å². The number of nitrogens with zero attached hydrogens (tertiary/aromatic N) is 2. The van der Waals surface area contributed by atoms with Gasteiger partial charge in [-0.05, 0) is 38.8 Å². The molecule has 0 spiro atoms. The monoisotopic (exact) mass is 294 g/mol. The Morgan fingerprint density at radius 3 is 2.80 bits per heavy atom. The third-order valence-corrected chi connectivity index (χ3v) is 5.21. The molecule has 1 N–H and O–H groups in total. The number of aliphatic carboxylic acids is 1. The van der Waals surface area contributed by atoms with Crippen molar-refractivity contribution in [3.63, 3.8) is 0 Å². The van der Waals surface area contributed by atoms with Crippen molar-refractivity contribution in [1.29, 1.82) is 0 Å². The molecule has 0 bridgehead atoms. The van der Waals surface area contributed by atoms with Gasteiger partial charge in [-0.15, -0.1) is 17.9 Å². The highest BCUT2D eigenvalue weighted by Gasteiger charge is 2.40. The quantitative estimate of drug-likeness (QED) is 0.820. The maximum atomic E-state index is 11.5. The fourth-order valence-corrected chi connectivity index (χ4v) is 3.63. The average molecular weight is 294 g/mol. The van der Waals surface area contributed by atoms with Gasteiger partial charge in [0.15, 0.2) is 0 Å². The highest BCUT2D eigenvalue weighted by molar-refractivity contribution is 7.11. The van der Waals surface area contributed by atoms with E-state index < -0.39 is 11.4 Å². The van der Waals surface area contributed by atoms with Gasteiger partial charge in [0.2, 0.25) is 0 Å². The van der Waals surface area contributed by atoms with Crippen LogP contribution in [0.15, 0.2) is 18.9 Å². The molecule has 2 rings (SSSR count). The summed E-state index contributed by atoms with van der Waals surface area (Å²) in [7, 11) is 0. The number of allylic oxidation sites excluding steroid dienone is 1. The van der Waals surface area contributed by atoms with Crippen molar-refractivity contribution in [2.75, 3.05) is 13.1 Å². The first-order valence-electron chi connectivity index (χ1n) is 7.10. The second kappa shape index (κ2) is 6.50. The Bertz CT molecular complexity index is 476. The molecule has 1 fully saturated rings. The predicted molar refractivity (Wildman–Crippen MR) is 80.9 cm³/mol. The number of hydrogen-bond acceptors (Lipinski definition) is 4. The Morgan fingerprint density at radius 1 is 1.60 bits per heavy atom. The highest BCUT2D eigenvalue weighted by atomic mass is 32.1. The zero-order valence-corrected chi connectivity index (χ0v) is 12.8. The Balaban J connectivity index is 1.93. The first-order valence-corrected chi connectivity index (χ1v) is 7.91. The van der Waals surface area contributed by atoms with Crippen molar-refractivity contribution in [2.45, 2.75) is 39.2 Å². The van der Waals surface area contributed by atoms with E-state index in [1.807, 2.05) is 6.20 Å². The Hall–Kier alpha value is -1.20. The standard InChI is InChI=1S/C15H22N2O2S/c1-3-5-15(14(18)19)6-8-17(9-7-15)11-12-10-16-13(4-2)20-12/h3,10H,1,4-9,11H2,2H3,(H,18,19). The largest absolute Gasteiger partial charge is 0.481 e. The van der Waals surface area contributed by atoms with Crippen molar-refractivity contribution < 1.29 is 9.90 Å². The van der Waals surface area contributed by atoms with E-state index in [0.29, 0.717) is 19.3 Å². The van der Waals surface area contributed by atoms with Crippen LogP contribution in [0.25, 0.3) is 0 Å². The summed E-state index contributed by atoms with van der Waals surface area (Å²) in [5.41, 5.74) is -0.597. The van der Waals surface area contributed by atoms with E-state index in [4.69, 9.17) is 0 Å². The van der Waals surface area contributed by atoms with Crippen LogP contribution in [0, 0.1) is 5.41 Å². The number of hydrogen-bond donors (Lipinski definition) is 1. The van der Waals surface area contributed by atoms with Crippen LogP contribution in [0.4, 0.5) is 0 Å². The summed E-state index contributed by atoms with van der Waals surface area (Å²) in [5.74, 6) is -0.678. The Morgan fingerprint density at radius 2 is 2.30 bits per heavy atom. The van der Waals surface area contributed by atoms with Gasteiger partial charge >= 0.3 is 5.97 Å². The summed E-state index contributed by atoms with van der Waals surface area (Å²) in [6, 6.07) is 0. The first kappa shape index (κ1) is 15.2. The summed E-state index contributed by atoms with van der Waals surface area (Å²) in [6.45, 7) is 8.36. The molecule has 0 aliphatic carbocycles. The van der Waals surface area contributed by atoms with Crippen LogP contribution >= 0.6 is 11.3 Å². The molecule has 5 heteroatoms. The molecule has 0 aromatic carbocycles. The topological polar surface area (TPSA) is 53.4 Å². The Kier molecular flexibility index (Phi) is 4.94.